The van der Waals surface area contributed by atoms with E-state index in [4.69, 9.17) is 10.1 Å². The molecule has 0 saturated heterocycles. The normalized spacial score (nSPS) is 16.1. The van der Waals surface area contributed by atoms with E-state index in [1.54, 1.807) is 12.1 Å². The van der Waals surface area contributed by atoms with Crippen molar-refractivity contribution < 1.29 is 14.7 Å². The van der Waals surface area contributed by atoms with Crippen LogP contribution in [0.4, 0.5) is 0 Å². The van der Waals surface area contributed by atoms with Crippen LogP contribution in [-0.4, -0.2) is 29.2 Å². The third-order valence-corrected chi connectivity index (χ3v) is 6.22. The smallest absolute Gasteiger partial charge is 0.305 e. The van der Waals surface area contributed by atoms with Crippen LogP contribution < -0.4 is 10.6 Å². The van der Waals surface area contributed by atoms with E-state index in [0.717, 1.165) is 46.7 Å². The van der Waals surface area contributed by atoms with E-state index in [9.17, 15) is 9.59 Å². The average molecular weight is 492 g/mol. The quantitative estimate of drug-likeness (QED) is 0.234. The Labute approximate surface area is 216 Å². The van der Waals surface area contributed by atoms with Crippen molar-refractivity contribution in [3.8, 4) is 0 Å². The molecule has 1 aromatic rings. The van der Waals surface area contributed by atoms with E-state index in [1.807, 2.05) is 52.0 Å². The summed E-state index contributed by atoms with van der Waals surface area (Å²) >= 11 is 0. The highest BCUT2D eigenvalue weighted by molar-refractivity contribution is 6.08. The minimum absolute atomic E-state index is 0.0345. The summed E-state index contributed by atoms with van der Waals surface area (Å²) in [5.41, 5.74) is 5.56. The van der Waals surface area contributed by atoms with Gasteiger partial charge in [-0.25, -0.2) is 4.99 Å². The molecular formula is C30H41N3O3. The van der Waals surface area contributed by atoms with Gasteiger partial charge in [-0.3, -0.25) is 9.59 Å². The van der Waals surface area contributed by atoms with Crippen molar-refractivity contribution in [1.29, 1.82) is 0 Å². The predicted molar refractivity (Wildman–Crippen MR) is 148 cm³/mol. The third-order valence-electron chi connectivity index (χ3n) is 6.22. The molecule has 2 rings (SSSR count). The van der Waals surface area contributed by atoms with Gasteiger partial charge in [-0.05, 0) is 86.8 Å². The number of nitrogens with zero attached hydrogens (tertiary/aromatic N) is 1. The van der Waals surface area contributed by atoms with Crippen LogP contribution in [0.3, 0.4) is 0 Å². The number of aliphatic carboxylic acids is 1. The van der Waals surface area contributed by atoms with Gasteiger partial charge < -0.3 is 15.7 Å². The summed E-state index contributed by atoms with van der Waals surface area (Å²) in [6.45, 7) is 20.7. The van der Waals surface area contributed by atoms with Crippen molar-refractivity contribution in [2.75, 3.05) is 6.54 Å². The largest absolute Gasteiger partial charge is 0.481 e. The fourth-order valence-corrected chi connectivity index (χ4v) is 4.35. The Hall–Kier alpha value is -3.41. The van der Waals surface area contributed by atoms with Gasteiger partial charge in [0.05, 0.1) is 18.2 Å². The van der Waals surface area contributed by atoms with E-state index >= 15 is 0 Å². The highest BCUT2D eigenvalue weighted by Gasteiger charge is 2.41. The molecule has 0 aromatic heterocycles. The predicted octanol–water partition coefficient (Wildman–Crippen LogP) is 6.36. The van der Waals surface area contributed by atoms with Crippen molar-refractivity contribution in [3.05, 3.63) is 83.2 Å². The van der Waals surface area contributed by atoms with Gasteiger partial charge in [0.25, 0.3) is 5.91 Å². The molecule has 1 aromatic carbocycles. The molecule has 1 fully saturated rings. The maximum absolute atomic E-state index is 12.4. The molecule has 1 unspecified atom stereocenters. The molecule has 1 aliphatic rings. The lowest BCUT2D eigenvalue weighted by atomic mass is 9.61. The highest BCUT2D eigenvalue weighted by Crippen LogP contribution is 2.50. The summed E-state index contributed by atoms with van der Waals surface area (Å²) in [5.74, 6) is 0.0244. The van der Waals surface area contributed by atoms with E-state index in [-0.39, 0.29) is 24.9 Å². The van der Waals surface area contributed by atoms with E-state index in [2.05, 4.69) is 37.6 Å². The van der Waals surface area contributed by atoms with Crippen LogP contribution in [-0.2, 0) is 4.79 Å². The van der Waals surface area contributed by atoms with E-state index < -0.39 is 5.97 Å². The average Bonchev–Trinajstić information content (AvgIpc) is 2.76. The second-order valence-electron chi connectivity index (χ2n) is 10.8. The minimum atomic E-state index is -0.939. The van der Waals surface area contributed by atoms with Crippen LogP contribution in [0.1, 0.15) is 82.8 Å². The SMILES string of the molecule is C=C(C)/C=C\C(=N\C(NC(c1ccc(C(=O)NCCC(=O)O)cc1)C1CC(C)(C)C1)=C(C)C)C(=C)C. The number of hydrogen-bond donors (Lipinski definition) is 3. The first-order valence-electron chi connectivity index (χ1n) is 12.4. The molecule has 1 atom stereocenters. The number of benzene rings is 1. The number of amides is 1. The molecule has 36 heavy (non-hydrogen) atoms. The van der Waals surface area contributed by atoms with Gasteiger partial charge in [0.15, 0.2) is 0 Å². The first-order valence-corrected chi connectivity index (χ1v) is 12.4. The zero-order valence-corrected chi connectivity index (χ0v) is 22.6. The van der Waals surface area contributed by atoms with Gasteiger partial charge in [0.1, 0.15) is 5.82 Å². The zero-order valence-electron chi connectivity index (χ0n) is 22.6. The maximum Gasteiger partial charge on any atom is 0.305 e. The van der Waals surface area contributed by atoms with Crippen molar-refractivity contribution in [2.24, 2.45) is 16.3 Å². The number of aliphatic imine (C=N–C) groups is 1. The molecule has 1 saturated carbocycles. The van der Waals surface area contributed by atoms with Crippen LogP contribution in [0.15, 0.2) is 77.1 Å². The van der Waals surface area contributed by atoms with Crippen molar-refractivity contribution in [3.63, 3.8) is 0 Å². The molecule has 1 amide bonds. The Bertz CT molecular complexity index is 1080. The lowest BCUT2D eigenvalue weighted by Gasteiger charge is -2.47. The fraction of sp³-hybridized carbons (Fsp3) is 0.433. The van der Waals surface area contributed by atoms with Gasteiger partial charge in [-0.1, -0.05) is 50.8 Å². The number of hydrogen-bond acceptors (Lipinski definition) is 4. The van der Waals surface area contributed by atoms with Gasteiger partial charge in [-0.15, -0.1) is 0 Å². The Morgan fingerprint density at radius 1 is 1.11 bits per heavy atom. The lowest BCUT2D eigenvalue weighted by Crippen LogP contribution is -2.40. The Kier molecular flexibility index (Phi) is 10.0. The van der Waals surface area contributed by atoms with Crippen LogP contribution in [0.5, 0.6) is 0 Å². The van der Waals surface area contributed by atoms with Gasteiger partial charge in [0.2, 0.25) is 0 Å². The second-order valence-corrected chi connectivity index (χ2v) is 10.8. The molecule has 0 bridgehead atoms. The molecule has 0 heterocycles. The summed E-state index contributed by atoms with van der Waals surface area (Å²) in [6, 6.07) is 7.57. The van der Waals surface area contributed by atoms with Crippen LogP contribution in [0.2, 0.25) is 0 Å². The highest BCUT2D eigenvalue weighted by atomic mass is 16.4. The maximum atomic E-state index is 12.4. The number of carbonyl (C=O) groups excluding carboxylic acids is 1. The van der Waals surface area contributed by atoms with Crippen molar-refractivity contribution in [2.45, 2.75) is 66.8 Å². The summed E-state index contributed by atoms with van der Waals surface area (Å²) in [6.07, 6.45) is 5.94. The van der Waals surface area contributed by atoms with Crippen molar-refractivity contribution in [1.82, 2.24) is 10.6 Å². The van der Waals surface area contributed by atoms with Crippen LogP contribution >= 0.6 is 0 Å². The first kappa shape index (κ1) is 28.8. The monoisotopic (exact) mass is 491 g/mol. The van der Waals surface area contributed by atoms with E-state index in [0.29, 0.717) is 16.9 Å². The molecule has 3 N–H and O–H groups in total. The number of rotatable bonds is 12. The molecule has 194 valence electrons. The standard InChI is InChI=1S/C30H41N3O3/c1-19(2)9-14-25(20(3)4)32-28(21(5)6)33-27(24-17-30(7,8)18-24)22-10-12-23(13-11-22)29(36)31-16-15-26(34)35/h9-14,24,27,33H,1,3,15-18H2,2,4-8H3,(H,31,36)(H,34,35)/b14-9-,32-25-. The summed E-state index contributed by atoms with van der Waals surface area (Å²) in [4.78, 5) is 28.0. The lowest BCUT2D eigenvalue weighted by molar-refractivity contribution is -0.136. The van der Waals surface area contributed by atoms with Crippen LogP contribution in [0, 0.1) is 11.3 Å². The molecule has 1 aliphatic carbocycles. The van der Waals surface area contributed by atoms with Gasteiger partial charge >= 0.3 is 5.97 Å². The van der Waals surface area contributed by atoms with E-state index in [1.165, 1.54) is 0 Å². The second kappa shape index (κ2) is 12.5. The number of carbonyl (C=O) groups is 2. The molecule has 6 nitrogen and oxygen atoms in total. The molecular weight excluding hydrogens is 450 g/mol. The minimum Gasteiger partial charge on any atom is -0.481 e. The third kappa shape index (κ3) is 8.67. The Morgan fingerprint density at radius 3 is 2.19 bits per heavy atom. The molecule has 0 spiro atoms. The molecule has 0 radical (unpaired) electrons. The zero-order chi connectivity index (χ0) is 27.0. The Morgan fingerprint density at radius 2 is 1.72 bits per heavy atom. The van der Waals surface area contributed by atoms with Crippen LogP contribution in [0.25, 0.3) is 0 Å². The van der Waals surface area contributed by atoms with Gasteiger partial charge in [-0.2, -0.15) is 0 Å². The number of allylic oxidation sites excluding steroid dienone is 5. The topological polar surface area (TPSA) is 90.8 Å². The summed E-state index contributed by atoms with van der Waals surface area (Å²) < 4.78 is 0. The number of nitrogens with one attached hydrogen (secondary N) is 2. The summed E-state index contributed by atoms with van der Waals surface area (Å²) in [5, 5.41) is 15.1. The van der Waals surface area contributed by atoms with Crippen molar-refractivity contribution >= 4 is 17.6 Å². The molecule has 6 heteroatoms. The fourth-order valence-electron chi connectivity index (χ4n) is 4.35. The van der Waals surface area contributed by atoms with Gasteiger partial charge in [0, 0.05) is 12.1 Å². The molecule has 0 aliphatic heterocycles. The number of carboxylic acids is 1. The summed E-state index contributed by atoms with van der Waals surface area (Å²) in [7, 11) is 0. The number of carboxylic acid groups (broad SMARTS) is 1. The Balaban J connectivity index is 2.33. The first-order chi connectivity index (χ1) is 16.8.